The summed E-state index contributed by atoms with van der Waals surface area (Å²) in [5, 5.41) is 0. The molecular weight excluding hydrogens is 254 g/mol. The van der Waals surface area contributed by atoms with E-state index in [0.29, 0.717) is 19.4 Å². The number of carbonyl (C=O) groups excluding carboxylic acids is 1. The first kappa shape index (κ1) is 13.8. The van der Waals surface area contributed by atoms with Crippen molar-refractivity contribution in [3.8, 4) is 0 Å². The maximum atomic E-state index is 12.1. The monoisotopic (exact) mass is 275 g/mol. The molecule has 0 saturated carbocycles. The summed E-state index contributed by atoms with van der Waals surface area (Å²) in [7, 11) is -3.44. The molecule has 0 atom stereocenters. The lowest BCUT2D eigenvalue weighted by molar-refractivity contribution is -0.134. The van der Waals surface area contributed by atoms with Crippen LogP contribution in [-0.4, -0.2) is 60.5 Å². The maximum Gasteiger partial charge on any atom is 0.259 e. The first-order chi connectivity index (χ1) is 8.32. The molecule has 2 N–H and O–H groups in total. The van der Waals surface area contributed by atoms with Crippen molar-refractivity contribution in [3.05, 3.63) is 0 Å². The fraction of sp³-hybridized carbons (Fsp3) is 0.909. The summed E-state index contributed by atoms with van der Waals surface area (Å²) in [6, 6.07) is -0.162. The van der Waals surface area contributed by atoms with Crippen LogP contribution in [0.2, 0.25) is 0 Å². The third-order valence-electron chi connectivity index (χ3n) is 3.95. The van der Waals surface area contributed by atoms with Crippen molar-refractivity contribution in [2.24, 2.45) is 5.73 Å². The first-order valence-corrected chi connectivity index (χ1v) is 7.77. The Kier molecular flexibility index (Phi) is 3.42. The minimum atomic E-state index is -3.44. The zero-order valence-electron chi connectivity index (χ0n) is 10.9. The van der Waals surface area contributed by atoms with Gasteiger partial charge in [-0.05, 0) is 26.7 Å². The van der Waals surface area contributed by atoms with Crippen LogP contribution >= 0.6 is 0 Å². The van der Waals surface area contributed by atoms with Crippen LogP contribution in [0.5, 0.6) is 0 Å². The number of carbonyl (C=O) groups is 1. The Morgan fingerprint density at radius 2 is 1.89 bits per heavy atom. The van der Waals surface area contributed by atoms with E-state index < -0.39 is 14.8 Å². The molecule has 6 nitrogen and oxygen atoms in total. The molecule has 2 rings (SSSR count). The summed E-state index contributed by atoms with van der Waals surface area (Å²) >= 11 is 0. The van der Waals surface area contributed by atoms with Crippen molar-refractivity contribution >= 4 is 15.9 Å². The summed E-state index contributed by atoms with van der Waals surface area (Å²) < 4.78 is 24.0. The van der Waals surface area contributed by atoms with E-state index in [1.807, 2.05) is 0 Å². The highest BCUT2D eigenvalue weighted by molar-refractivity contribution is 7.94. The molecule has 104 valence electrons. The number of hydrogen-bond donors (Lipinski definition) is 1. The van der Waals surface area contributed by atoms with Gasteiger partial charge in [0, 0.05) is 26.2 Å². The van der Waals surface area contributed by atoms with E-state index in [2.05, 4.69) is 4.90 Å². The van der Waals surface area contributed by atoms with Gasteiger partial charge < -0.3 is 10.6 Å². The number of likely N-dealkylation sites (tertiary alicyclic amines) is 1. The van der Waals surface area contributed by atoms with Gasteiger partial charge in [-0.15, -0.1) is 0 Å². The fourth-order valence-corrected chi connectivity index (χ4v) is 4.34. The van der Waals surface area contributed by atoms with Crippen molar-refractivity contribution in [1.82, 2.24) is 9.21 Å². The van der Waals surface area contributed by atoms with Gasteiger partial charge in [0.2, 0.25) is 0 Å². The van der Waals surface area contributed by atoms with E-state index in [1.54, 1.807) is 0 Å². The molecule has 0 bridgehead atoms. The van der Waals surface area contributed by atoms with E-state index in [0.717, 1.165) is 23.9 Å². The second-order valence-electron chi connectivity index (χ2n) is 5.48. The lowest BCUT2D eigenvalue weighted by atomic mass is 10.0. The number of piperidine rings is 1. The van der Waals surface area contributed by atoms with Gasteiger partial charge in [0.1, 0.15) is 0 Å². The third-order valence-corrected chi connectivity index (χ3v) is 6.40. The van der Waals surface area contributed by atoms with Crippen LogP contribution in [0.15, 0.2) is 0 Å². The van der Waals surface area contributed by atoms with Crippen molar-refractivity contribution in [2.45, 2.75) is 37.5 Å². The van der Waals surface area contributed by atoms with Crippen molar-refractivity contribution < 1.29 is 13.2 Å². The molecule has 0 aromatic carbocycles. The van der Waals surface area contributed by atoms with Crippen LogP contribution in [0.1, 0.15) is 26.7 Å². The van der Waals surface area contributed by atoms with E-state index in [9.17, 15) is 13.2 Å². The molecule has 2 aliphatic rings. The van der Waals surface area contributed by atoms with Gasteiger partial charge in [-0.3, -0.25) is 4.79 Å². The Morgan fingerprint density at radius 3 is 2.33 bits per heavy atom. The van der Waals surface area contributed by atoms with Gasteiger partial charge >= 0.3 is 0 Å². The SMILES string of the molecule is CC1(C)C(=O)N(C2CCN(CCN)CC2)S1(=O)=O. The highest BCUT2D eigenvalue weighted by Crippen LogP contribution is 2.38. The van der Waals surface area contributed by atoms with E-state index >= 15 is 0 Å². The zero-order valence-corrected chi connectivity index (χ0v) is 11.7. The van der Waals surface area contributed by atoms with Crippen LogP contribution in [0.4, 0.5) is 0 Å². The Hall–Kier alpha value is -0.660. The second-order valence-corrected chi connectivity index (χ2v) is 7.84. The number of nitrogens with two attached hydrogens (primary N) is 1. The summed E-state index contributed by atoms with van der Waals surface area (Å²) in [5.74, 6) is -0.264. The summed E-state index contributed by atoms with van der Waals surface area (Å²) in [4.78, 5) is 14.1. The highest BCUT2D eigenvalue weighted by atomic mass is 32.2. The molecule has 0 aliphatic carbocycles. The van der Waals surface area contributed by atoms with Crippen LogP contribution in [0.3, 0.4) is 0 Å². The molecule has 2 saturated heterocycles. The average molecular weight is 275 g/mol. The Labute approximate surface area is 108 Å². The standard InChI is InChI=1S/C11H21N3O3S/c1-11(2)10(15)14(18(11,16)17)9-3-6-13(7-4-9)8-5-12/h9H,3-8,12H2,1-2H3. The first-order valence-electron chi connectivity index (χ1n) is 6.33. The molecule has 0 unspecified atom stereocenters. The third kappa shape index (κ3) is 1.85. The van der Waals surface area contributed by atoms with Crippen molar-refractivity contribution in [1.29, 1.82) is 0 Å². The van der Waals surface area contributed by atoms with Gasteiger partial charge in [0.25, 0.3) is 15.9 Å². The van der Waals surface area contributed by atoms with Gasteiger partial charge in [-0.1, -0.05) is 0 Å². The molecule has 0 radical (unpaired) electrons. The maximum absolute atomic E-state index is 12.1. The number of rotatable bonds is 3. The van der Waals surface area contributed by atoms with Gasteiger partial charge in [-0.2, -0.15) is 0 Å². The number of hydrogen-bond acceptors (Lipinski definition) is 5. The van der Waals surface area contributed by atoms with Gasteiger partial charge in [0.15, 0.2) is 4.75 Å². The zero-order chi connectivity index (χ0) is 13.6. The van der Waals surface area contributed by atoms with Crippen LogP contribution in [0, 0.1) is 0 Å². The molecule has 2 fully saturated rings. The van der Waals surface area contributed by atoms with Crippen LogP contribution in [0.25, 0.3) is 0 Å². The Balaban J connectivity index is 2.02. The molecule has 0 spiro atoms. The Morgan fingerprint density at radius 1 is 1.33 bits per heavy atom. The predicted octanol–water partition coefficient (Wildman–Crippen LogP) is -0.640. The average Bonchev–Trinajstić information content (AvgIpc) is 2.31. The molecule has 2 aliphatic heterocycles. The lowest BCUT2D eigenvalue weighted by Gasteiger charge is -2.49. The summed E-state index contributed by atoms with van der Waals surface area (Å²) in [6.45, 7) is 6.01. The van der Waals surface area contributed by atoms with Crippen molar-refractivity contribution in [2.75, 3.05) is 26.2 Å². The lowest BCUT2D eigenvalue weighted by Crippen LogP contribution is -2.70. The predicted molar refractivity (Wildman–Crippen MR) is 68.4 cm³/mol. The van der Waals surface area contributed by atoms with Gasteiger partial charge in [0.05, 0.1) is 6.04 Å². The minimum absolute atomic E-state index is 0.162. The molecule has 0 aromatic heterocycles. The molecule has 1 amide bonds. The van der Waals surface area contributed by atoms with Crippen molar-refractivity contribution in [3.63, 3.8) is 0 Å². The van der Waals surface area contributed by atoms with E-state index in [4.69, 9.17) is 5.73 Å². The van der Waals surface area contributed by atoms with Crippen LogP contribution in [-0.2, 0) is 14.8 Å². The van der Waals surface area contributed by atoms with Crippen LogP contribution < -0.4 is 5.73 Å². The number of sulfonamides is 1. The van der Waals surface area contributed by atoms with E-state index in [1.165, 1.54) is 13.8 Å². The molecule has 7 heteroatoms. The quantitative estimate of drug-likeness (QED) is 0.740. The second kappa shape index (κ2) is 4.47. The number of nitrogens with zero attached hydrogens (tertiary/aromatic N) is 2. The highest BCUT2D eigenvalue weighted by Gasteiger charge is 2.62. The number of amides is 1. The fourth-order valence-electron chi connectivity index (χ4n) is 2.61. The molecule has 18 heavy (non-hydrogen) atoms. The molecule has 2 heterocycles. The molecule has 0 aromatic rings. The summed E-state index contributed by atoms with van der Waals surface area (Å²) in [5.41, 5.74) is 5.49. The Bertz CT molecular complexity index is 438. The largest absolute Gasteiger partial charge is 0.329 e. The summed E-state index contributed by atoms with van der Waals surface area (Å²) in [6.07, 6.45) is 1.42. The molecular formula is C11H21N3O3S. The normalized spacial score (nSPS) is 28.2. The van der Waals surface area contributed by atoms with Gasteiger partial charge in [-0.25, -0.2) is 12.7 Å². The van der Waals surface area contributed by atoms with E-state index in [-0.39, 0.29) is 11.9 Å². The topological polar surface area (TPSA) is 83.7 Å². The smallest absolute Gasteiger partial charge is 0.259 e. The minimum Gasteiger partial charge on any atom is -0.329 e.